The molecule has 1 heterocycles. The van der Waals surface area contributed by atoms with Crippen molar-refractivity contribution in [2.75, 3.05) is 0 Å². The minimum atomic E-state index is 0.318. The Bertz CT molecular complexity index is 532. The summed E-state index contributed by atoms with van der Waals surface area (Å²) in [7, 11) is 0. The van der Waals surface area contributed by atoms with Gasteiger partial charge in [-0.3, -0.25) is 4.57 Å². The monoisotopic (exact) mass is 319 g/mol. The van der Waals surface area contributed by atoms with Gasteiger partial charge in [-0.1, -0.05) is 11.6 Å². The average Bonchev–Trinajstić information content (AvgIpc) is 2.53. The van der Waals surface area contributed by atoms with E-state index in [-0.39, 0.29) is 0 Å². The third-order valence-corrected chi connectivity index (χ3v) is 3.54. The van der Waals surface area contributed by atoms with Crippen LogP contribution in [0, 0.1) is 13.8 Å². The van der Waals surface area contributed by atoms with Gasteiger partial charge in [0.25, 0.3) is 0 Å². The van der Waals surface area contributed by atoms with E-state index >= 15 is 0 Å². The molecule has 3 nitrogen and oxygen atoms in total. The lowest BCUT2D eigenvalue weighted by Gasteiger charge is -2.10. The Morgan fingerprint density at radius 1 is 1.19 bits per heavy atom. The van der Waals surface area contributed by atoms with Crippen molar-refractivity contribution < 1.29 is 0 Å². The van der Waals surface area contributed by atoms with Crippen molar-refractivity contribution in [1.29, 1.82) is 0 Å². The highest BCUT2D eigenvalue weighted by Crippen LogP contribution is 2.30. The number of aryl methyl sites for hydroxylation is 2. The number of benzene rings is 1. The topological polar surface area (TPSA) is 30.7 Å². The molecule has 0 fully saturated rings. The second-order valence-electron chi connectivity index (χ2n) is 3.40. The predicted octanol–water partition coefficient (Wildman–Crippen LogP) is 3.95. The second-order valence-corrected chi connectivity index (χ2v) is 5.00. The van der Waals surface area contributed by atoms with Gasteiger partial charge in [-0.2, -0.15) is 0 Å². The number of hydrogen-bond donors (Lipinski definition) is 0. The normalized spacial score (nSPS) is 10.8. The van der Waals surface area contributed by atoms with Crippen molar-refractivity contribution in [2.24, 2.45) is 0 Å². The smallest absolute Gasteiger partial charge is 0.229 e. The van der Waals surface area contributed by atoms with Crippen LogP contribution in [0.1, 0.15) is 11.4 Å². The van der Waals surface area contributed by atoms with Gasteiger partial charge in [0, 0.05) is 9.50 Å². The molecular formula is C10H8BrCl2N3. The Balaban J connectivity index is 2.69. The van der Waals surface area contributed by atoms with Gasteiger partial charge in [-0.25, -0.2) is 0 Å². The zero-order valence-electron chi connectivity index (χ0n) is 8.63. The van der Waals surface area contributed by atoms with E-state index < -0.39 is 0 Å². The molecular weight excluding hydrogens is 313 g/mol. The van der Waals surface area contributed by atoms with Crippen LogP contribution in [0.5, 0.6) is 0 Å². The van der Waals surface area contributed by atoms with Gasteiger partial charge in [0.1, 0.15) is 5.82 Å². The highest BCUT2D eigenvalue weighted by molar-refractivity contribution is 9.10. The Morgan fingerprint density at radius 2 is 1.88 bits per heavy atom. The molecule has 0 bridgehead atoms. The van der Waals surface area contributed by atoms with Crippen molar-refractivity contribution >= 4 is 39.1 Å². The molecule has 0 saturated heterocycles. The molecule has 0 spiro atoms. The summed E-state index contributed by atoms with van der Waals surface area (Å²) in [6.07, 6.45) is 0. The van der Waals surface area contributed by atoms with Gasteiger partial charge in [0.2, 0.25) is 5.28 Å². The van der Waals surface area contributed by atoms with E-state index in [1.807, 2.05) is 26.0 Å². The van der Waals surface area contributed by atoms with Crippen LogP contribution in [0.4, 0.5) is 0 Å². The average molecular weight is 321 g/mol. The highest BCUT2D eigenvalue weighted by atomic mass is 79.9. The molecule has 0 aliphatic heterocycles. The van der Waals surface area contributed by atoms with E-state index in [1.54, 1.807) is 4.57 Å². The lowest BCUT2D eigenvalue weighted by atomic mass is 10.2. The van der Waals surface area contributed by atoms with Crippen molar-refractivity contribution in [2.45, 2.75) is 13.8 Å². The van der Waals surface area contributed by atoms with Crippen LogP contribution in [0.15, 0.2) is 16.6 Å². The number of aromatic nitrogens is 3. The molecule has 16 heavy (non-hydrogen) atoms. The number of rotatable bonds is 1. The molecule has 0 amide bonds. The van der Waals surface area contributed by atoms with Crippen LogP contribution in [-0.2, 0) is 0 Å². The quantitative estimate of drug-likeness (QED) is 0.796. The van der Waals surface area contributed by atoms with E-state index in [0.717, 1.165) is 15.7 Å². The summed E-state index contributed by atoms with van der Waals surface area (Å²) in [5.41, 5.74) is 1.84. The lowest BCUT2D eigenvalue weighted by molar-refractivity contribution is 0.964. The molecule has 84 valence electrons. The fourth-order valence-electron chi connectivity index (χ4n) is 1.42. The van der Waals surface area contributed by atoms with E-state index in [4.69, 9.17) is 23.2 Å². The van der Waals surface area contributed by atoms with Gasteiger partial charge in [0.15, 0.2) is 0 Å². The van der Waals surface area contributed by atoms with Crippen LogP contribution in [-0.4, -0.2) is 14.8 Å². The molecule has 2 rings (SSSR count). The van der Waals surface area contributed by atoms with Crippen molar-refractivity contribution in [1.82, 2.24) is 14.8 Å². The summed E-state index contributed by atoms with van der Waals surface area (Å²) in [4.78, 5) is 0. The fraction of sp³-hybridized carbons (Fsp3) is 0.200. The Kier molecular flexibility index (Phi) is 3.24. The first-order chi connectivity index (χ1) is 7.50. The van der Waals surface area contributed by atoms with Crippen molar-refractivity contribution in [3.63, 3.8) is 0 Å². The van der Waals surface area contributed by atoms with Crippen LogP contribution in [0.2, 0.25) is 10.3 Å². The van der Waals surface area contributed by atoms with Gasteiger partial charge >= 0.3 is 0 Å². The Labute approximate surface area is 112 Å². The summed E-state index contributed by atoms with van der Waals surface area (Å²) in [5, 5.41) is 8.70. The van der Waals surface area contributed by atoms with Crippen LogP contribution >= 0.6 is 39.1 Å². The molecule has 0 atom stereocenters. The molecule has 0 unspecified atom stereocenters. The van der Waals surface area contributed by atoms with E-state index in [2.05, 4.69) is 26.1 Å². The van der Waals surface area contributed by atoms with Gasteiger partial charge in [-0.05, 0) is 59.1 Å². The van der Waals surface area contributed by atoms with Crippen molar-refractivity contribution in [3.05, 3.63) is 38.3 Å². The Hall–Kier alpha value is -0.580. The predicted molar refractivity (Wildman–Crippen MR) is 68.6 cm³/mol. The zero-order chi connectivity index (χ0) is 11.9. The minimum absolute atomic E-state index is 0.318. The minimum Gasteiger partial charge on any atom is -0.269 e. The second kappa shape index (κ2) is 4.35. The summed E-state index contributed by atoms with van der Waals surface area (Å²) in [6.45, 7) is 3.77. The van der Waals surface area contributed by atoms with Gasteiger partial charge in [0.05, 0.1) is 5.69 Å². The highest BCUT2D eigenvalue weighted by Gasteiger charge is 2.13. The van der Waals surface area contributed by atoms with Crippen LogP contribution in [0.25, 0.3) is 5.69 Å². The Morgan fingerprint density at radius 3 is 2.44 bits per heavy atom. The molecule has 0 radical (unpaired) electrons. The van der Waals surface area contributed by atoms with Gasteiger partial charge in [-0.15, -0.1) is 10.2 Å². The standard InChI is InChI=1S/C10H8BrCl2N3/c1-5-3-7(11)9(4-8(5)12)16-6(2)14-15-10(16)13/h3-4H,1-2H3. The molecule has 6 heteroatoms. The molecule has 0 saturated carbocycles. The summed E-state index contributed by atoms with van der Waals surface area (Å²) < 4.78 is 2.64. The molecule has 0 N–H and O–H groups in total. The number of hydrogen-bond acceptors (Lipinski definition) is 2. The fourth-order valence-corrected chi connectivity index (χ4v) is 2.46. The lowest BCUT2D eigenvalue weighted by Crippen LogP contribution is -1.99. The molecule has 0 aliphatic carbocycles. The SMILES string of the molecule is Cc1cc(Br)c(-n2c(C)nnc2Cl)cc1Cl. The van der Waals surface area contributed by atoms with E-state index in [9.17, 15) is 0 Å². The molecule has 1 aromatic carbocycles. The van der Waals surface area contributed by atoms with Crippen LogP contribution in [0.3, 0.4) is 0 Å². The summed E-state index contributed by atoms with van der Waals surface area (Å²) in [6, 6.07) is 3.77. The zero-order valence-corrected chi connectivity index (χ0v) is 11.7. The maximum absolute atomic E-state index is 6.09. The molecule has 2 aromatic rings. The van der Waals surface area contributed by atoms with Crippen LogP contribution < -0.4 is 0 Å². The first kappa shape index (κ1) is 11.9. The molecule has 1 aromatic heterocycles. The maximum Gasteiger partial charge on any atom is 0.229 e. The first-order valence-corrected chi connectivity index (χ1v) is 6.09. The largest absolute Gasteiger partial charge is 0.269 e. The summed E-state index contributed by atoms with van der Waals surface area (Å²) in [5.74, 6) is 0.714. The molecule has 0 aliphatic rings. The maximum atomic E-state index is 6.09. The van der Waals surface area contributed by atoms with Crippen molar-refractivity contribution in [3.8, 4) is 5.69 Å². The number of nitrogens with zero attached hydrogens (tertiary/aromatic N) is 3. The van der Waals surface area contributed by atoms with E-state index in [1.165, 1.54) is 0 Å². The third kappa shape index (κ3) is 1.97. The third-order valence-electron chi connectivity index (χ3n) is 2.25. The summed E-state index contributed by atoms with van der Waals surface area (Å²) >= 11 is 15.5. The van der Waals surface area contributed by atoms with Gasteiger partial charge < -0.3 is 0 Å². The first-order valence-electron chi connectivity index (χ1n) is 4.54. The van der Waals surface area contributed by atoms with E-state index in [0.29, 0.717) is 16.1 Å². The number of halogens is 3.